The number of carbonyl (C=O) groups excluding carboxylic acids is 2. The van der Waals surface area contributed by atoms with Gasteiger partial charge in [-0.25, -0.2) is 0 Å². The normalized spacial score (nSPS) is 11.3. The van der Waals surface area contributed by atoms with Gasteiger partial charge in [0.05, 0.1) is 6.61 Å². The second-order valence-corrected chi connectivity index (χ2v) is 18.4. The molecule has 1 aromatic carbocycles. The summed E-state index contributed by atoms with van der Waals surface area (Å²) in [4.78, 5) is 23.9. The van der Waals surface area contributed by atoms with E-state index >= 15 is 0 Å². The molecule has 0 aliphatic heterocycles. The van der Waals surface area contributed by atoms with Crippen molar-refractivity contribution in [3.8, 4) is 0 Å². The fraction of sp³-hybridized carbons (Fsp3) is 0.855. The topological polar surface area (TPSA) is 52.6 Å². The third-order valence-corrected chi connectivity index (χ3v) is 12.5. The van der Waals surface area contributed by atoms with E-state index in [1.165, 1.54) is 244 Å². The van der Waals surface area contributed by atoms with E-state index in [9.17, 15) is 9.59 Å². The summed E-state index contributed by atoms with van der Waals surface area (Å²) in [5, 5.41) is 0. The molecular weight excluding hydrogens is 725 g/mol. The van der Waals surface area contributed by atoms with Crippen LogP contribution in [-0.2, 0) is 25.7 Å². The average molecular weight is 825 g/mol. The Kier molecular flexibility index (Phi) is 44.2. The van der Waals surface area contributed by atoms with Gasteiger partial charge in [-0.3, -0.25) is 9.59 Å². The van der Waals surface area contributed by atoms with E-state index in [4.69, 9.17) is 9.47 Å². The summed E-state index contributed by atoms with van der Waals surface area (Å²) < 4.78 is 10.9. The van der Waals surface area contributed by atoms with Gasteiger partial charge < -0.3 is 9.47 Å². The Bertz CT molecular complexity index is 977. The van der Waals surface area contributed by atoms with Crippen LogP contribution in [0.25, 0.3) is 0 Å². The van der Waals surface area contributed by atoms with Crippen molar-refractivity contribution in [1.29, 1.82) is 0 Å². The molecule has 4 heteroatoms. The summed E-state index contributed by atoms with van der Waals surface area (Å²) in [6.45, 7) is 3.31. The van der Waals surface area contributed by atoms with Gasteiger partial charge in [-0.05, 0) is 24.8 Å². The molecule has 0 radical (unpaired) electrons. The Hall–Kier alpha value is -1.84. The van der Waals surface area contributed by atoms with E-state index < -0.39 is 0 Å². The van der Waals surface area contributed by atoms with E-state index in [0.717, 1.165) is 31.2 Å². The van der Waals surface area contributed by atoms with Gasteiger partial charge in [-0.15, -0.1) is 0 Å². The first kappa shape index (κ1) is 55.2. The van der Waals surface area contributed by atoms with Gasteiger partial charge in [0.2, 0.25) is 0 Å². The number of hydrogen-bond acceptors (Lipinski definition) is 4. The summed E-state index contributed by atoms with van der Waals surface area (Å²) in [5.41, 5.74) is 1.06. The predicted molar refractivity (Wildman–Crippen MR) is 256 cm³/mol. The van der Waals surface area contributed by atoms with E-state index in [1.54, 1.807) is 0 Å². The van der Waals surface area contributed by atoms with Crippen molar-refractivity contribution in [3.63, 3.8) is 0 Å². The van der Waals surface area contributed by atoms with E-state index in [1.807, 2.05) is 30.3 Å². The zero-order valence-corrected chi connectivity index (χ0v) is 39.5. The number of ether oxygens (including phenoxy) is 2. The van der Waals surface area contributed by atoms with Gasteiger partial charge in [-0.1, -0.05) is 288 Å². The van der Waals surface area contributed by atoms with Crippen LogP contribution in [0.1, 0.15) is 295 Å². The quantitative estimate of drug-likeness (QED) is 0.0485. The highest BCUT2D eigenvalue weighted by Gasteiger charge is 2.05. The minimum atomic E-state index is -0.0617. The van der Waals surface area contributed by atoms with Gasteiger partial charge in [0.1, 0.15) is 6.61 Å². The van der Waals surface area contributed by atoms with Crippen molar-refractivity contribution >= 4 is 11.9 Å². The number of unbranched alkanes of at least 4 members (excludes halogenated alkanes) is 40. The molecule has 1 aromatic rings. The number of rotatable bonds is 48. The number of esters is 2. The zero-order valence-electron chi connectivity index (χ0n) is 39.5. The van der Waals surface area contributed by atoms with Gasteiger partial charge in [0.25, 0.3) is 0 Å². The zero-order chi connectivity index (χ0) is 42.2. The molecule has 0 amide bonds. The van der Waals surface area contributed by atoms with Gasteiger partial charge >= 0.3 is 11.9 Å². The molecule has 0 bridgehead atoms. The summed E-state index contributed by atoms with van der Waals surface area (Å²) >= 11 is 0. The smallest absolute Gasteiger partial charge is 0.306 e. The molecular formula is C55H100O4. The average Bonchev–Trinajstić information content (AvgIpc) is 3.25. The SMILES string of the molecule is CCCCCCCCCCCCCCCCCC(=O)OCCCCCCCCCCCCCCCCCCCCCCCCCCCCCC(=O)OCc1ccccc1. The van der Waals surface area contributed by atoms with Crippen LogP contribution >= 0.6 is 0 Å². The standard InChI is InChI=1S/C55H100O4/c1-2-3-4-5-6-7-8-9-23-26-29-32-35-38-44-49-54(56)58-51-46-40-37-34-31-28-25-22-20-18-16-14-12-10-11-13-15-17-19-21-24-27-30-33-36-39-45-50-55(57)59-52-53-47-42-41-43-48-53/h41-43,47-48H,2-40,44-46,49-52H2,1H3. The molecule has 0 aliphatic rings. The maximum Gasteiger partial charge on any atom is 0.306 e. The van der Waals surface area contributed by atoms with Crippen LogP contribution in [0.3, 0.4) is 0 Å². The largest absolute Gasteiger partial charge is 0.466 e. The third kappa shape index (κ3) is 44.0. The molecule has 0 heterocycles. The minimum absolute atomic E-state index is 0.0248. The van der Waals surface area contributed by atoms with Crippen molar-refractivity contribution in [2.75, 3.05) is 6.61 Å². The summed E-state index contributed by atoms with van der Waals surface area (Å²) in [7, 11) is 0. The molecule has 0 N–H and O–H groups in total. The van der Waals surface area contributed by atoms with Crippen LogP contribution in [0.2, 0.25) is 0 Å². The molecule has 0 saturated heterocycles. The van der Waals surface area contributed by atoms with E-state index in [2.05, 4.69) is 6.92 Å². The maximum absolute atomic E-state index is 12.0. The molecule has 0 spiro atoms. The molecule has 0 aliphatic carbocycles. The molecule has 59 heavy (non-hydrogen) atoms. The Morgan fingerprint density at radius 3 is 0.881 bits per heavy atom. The Morgan fingerprint density at radius 1 is 0.322 bits per heavy atom. The van der Waals surface area contributed by atoms with Crippen molar-refractivity contribution < 1.29 is 19.1 Å². The predicted octanol–water partition coefficient (Wildman–Crippen LogP) is 18.5. The van der Waals surface area contributed by atoms with E-state index in [0.29, 0.717) is 26.1 Å². The van der Waals surface area contributed by atoms with Gasteiger partial charge in [0.15, 0.2) is 0 Å². The second kappa shape index (κ2) is 47.2. The van der Waals surface area contributed by atoms with Gasteiger partial charge in [-0.2, -0.15) is 0 Å². The maximum atomic E-state index is 12.0. The highest BCUT2D eigenvalue weighted by atomic mass is 16.5. The Balaban J connectivity index is 1.65. The number of benzene rings is 1. The molecule has 1 rings (SSSR count). The minimum Gasteiger partial charge on any atom is -0.466 e. The molecule has 0 aromatic heterocycles. The summed E-state index contributed by atoms with van der Waals surface area (Å²) in [5.74, 6) is -0.0369. The van der Waals surface area contributed by atoms with Crippen molar-refractivity contribution in [3.05, 3.63) is 35.9 Å². The van der Waals surface area contributed by atoms with Crippen LogP contribution in [0.15, 0.2) is 30.3 Å². The first-order valence-electron chi connectivity index (χ1n) is 26.6. The Morgan fingerprint density at radius 2 is 0.576 bits per heavy atom. The molecule has 0 saturated carbocycles. The van der Waals surface area contributed by atoms with Crippen LogP contribution in [0.5, 0.6) is 0 Å². The third-order valence-electron chi connectivity index (χ3n) is 12.5. The van der Waals surface area contributed by atoms with Crippen LogP contribution < -0.4 is 0 Å². The molecule has 4 nitrogen and oxygen atoms in total. The van der Waals surface area contributed by atoms with Crippen molar-refractivity contribution in [2.24, 2.45) is 0 Å². The monoisotopic (exact) mass is 825 g/mol. The van der Waals surface area contributed by atoms with Crippen LogP contribution in [0.4, 0.5) is 0 Å². The van der Waals surface area contributed by atoms with E-state index in [-0.39, 0.29) is 11.9 Å². The highest BCUT2D eigenvalue weighted by Crippen LogP contribution is 2.18. The lowest BCUT2D eigenvalue weighted by Gasteiger charge is -2.06. The summed E-state index contributed by atoms with van der Waals surface area (Å²) in [6, 6.07) is 9.93. The Labute approximate surface area is 368 Å². The first-order valence-corrected chi connectivity index (χ1v) is 26.6. The number of hydrogen-bond donors (Lipinski definition) is 0. The second-order valence-electron chi connectivity index (χ2n) is 18.4. The molecule has 344 valence electrons. The number of carbonyl (C=O) groups is 2. The molecule has 0 atom stereocenters. The van der Waals surface area contributed by atoms with Gasteiger partial charge in [0, 0.05) is 12.8 Å². The fourth-order valence-corrected chi connectivity index (χ4v) is 8.50. The first-order chi connectivity index (χ1) is 29.2. The lowest BCUT2D eigenvalue weighted by Crippen LogP contribution is -2.05. The van der Waals surface area contributed by atoms with Crippen LogP contribution in [-0.4, -0.2) is 18.5 Å². The lowest BCUT2D eigenvalue weighted by atomic mass is 10.0. The summed E-state index contributed by atoms with van der Waals surface area (Å²) in [6.07, 6.45) is 57.9. The molecule has 0 unspecified atom stereocenters. The lowest BCUT2D eigenvalue weighted by molar-refractivity contribution is -0.145. The highest BCUT2D eigenvalue weighted by molar-refractivity contribution is 5.69. The van der Waals surface area contributed by atoms with Crippen molar-refractivity contribution in [2.45, 2.75) is 296 Å². The molecule has 0 fully saturated rings. The van der Waals surface area contributed by atoms with Crippen LogP contribution in [0, 0.1) is 0 Å². The fourth-order valence-electron chi connectivity index (χ4n) is 8.50. The van der Waals surface area contributed by atoms with Crippen molar-refractivity contribution in [1.82, 2.24) is 0 Å².